The predicted molar refractivity (Wildman–Crippen MR) is 111 cm³/mol. The predicted octanol–water partition coefficient (Wildman–Crippen LogP) is 2.85. The molecular weight excluding hydrogens is 441 g/mol. The van der Waals surface area contributed by atoms with Crippen molar-refractivity contribution in [1.82, 2.24) is 20.1 Å². The van der Waals surface area contributed by atoms with E-state index < -0.39 is 16.6 Å². The SMILES string of the molecule is Cn1cnnc1Sc1ccc(C(=O)NCCc2cc(F)cc3c2OCOC3)cc1[N+](=O)[O-]. The number of nitrogens with one attached hydrogen (secondary N) is 1. The molecule has 2 heterocycles. The first-order chi connectivity index (χ1) is 15.4. The van der Waals surface area contributed by atoms with Gasteiger partial charge in [-0.3, -0.25) is 14.9 Å². The molecule has 0 spiro atoms. The Balaban J connectivity index is 1.45. The lowest BCUT2D eigenvalue weighted by molar-refractivity contribution is -0.387. The normalized spacial score (nSPS) is 12.7. The van der Waals surface area contributed by atoms with Gasteiger partial charge in [-0.25, -0.2) is 4.39 Å². The zero-order valence-electron chi connectivity index (χ0n) is 16.9. The molecule has 1 aliphatic rings. The maximum absolute atomic E-state index is 13.9. The van der Waals surface area contributed by atoms with E-state index in [1.807, 2.05) is 0 Å². The van der Waals surface area contributed by atoms with Gasteiger partial charge >= 0.3 is 0 Å². The lowest BCUT2D eigenvalue weighted by Crippen LogP contribution is -2.26. The van der Waals surface area contributed by atoms with Crippen molar-refractivity contribution in [2.45, 2.75) is 23.1 Å². The fourth-order valence-electron chi connectivity index (χ4n) is 3.21. The maximum Gasteiger partial charge on any atom is 0.284 e. The Labute approximate surface area is 185 Å². The number of fused-ring (bicyclic) bond motifs is 1. The van der Waals surface area contributed by atoms with Gasteiger partial charge in [0.2, 0.25) is 0 Å². The first-order valence-corrected chi connectivity index (χ1v) is 10.3. The van der Waals surface area contributed by atoms with Gasteiger partial charge < -0.3 is 19.4 Å². The van der Waals surface area contributed by atoms with Crippen molar-refractivity contribution in [3.8, 4) is 5.75 Å². The molecule has 1 amide bonds. The van der Waals surface area contributed by atoms with E-state index in [9.17, 15) is 19.3 Å². The number of nitrogens with zero attached hydrogens (tertiary/aromatic N) is 4. The Hall–Kier alpha value is -3.51. The lowest BCUT2D eigenvalue weighted by Gasteiger charge is -2.21. The summed E-state index contributed by atoms with van der Waals surface area (Å²) in [5, 5.41) is 22.4. The molecule has 1 aliphatic heterocycles. The maximum atomic E-state index is 13.9. The summed E-state index contributed by atoms with van der Waals surface area (Å²) in [5.74, 6) is -0.323. The number of hydrogen-bond donors (Lipinski definition) is 1. The molecule has 0 fully saturated rings. The zero-order valence-corrected chi connectivity index (χ0v) is 17.7. The third kappa shape index (κ3) is 4.70. The molecule has 0 aliphatic carbocycles. The molecule has 4 rings (SSSR count). The second-order valence-electron chi connectivity index (χ2n) is 6.94. The number of nitro groups is 1. The number of rotatable bonds is 7. The second-order valence-corrected chi connectivity index (χ2v) is 7.94. The topological polar surface area (TPSA) is 121 Å². The molecule has 0 unspecified atom stereocenters. The summed E-state index contributed by atoms with van der Waals surface area (Å²) < 4.78 is 26.1. The Bertz CT molecular complexity index is 1190. The summed E-state index contributed by atoms with van der Waals surface area (Å²) in [4.78, 5) is 23.9. The highest BCUT2D eigenvalue weighted by atomic mass is 32.2. The van der Waals surface area contributed by atoms with Crippen molar-refractivity contribution in [3.05, 3.63) is 69.3 Å². The van der Waals surface area contributed by atoms with E-state index in [1.54, 1.807) is 11.6 Å². The Morgan fingerprint density at radius 1 is 1.38 bits per heavy atom. The molecule has 2 aromatic carbocycles. The van der Waals surface area contributed by atoms with Gasteiger partial charge in [0.15, 0.2) is 11.9 Å². The minimum Gasteiger partial charge on any atom is -0.467 e. The van der Waals surface area contributed by atoms with Crippen LogP contribution in [0, 0.1) is 15.9 Å². The monoisotopic (exact) mass is 459 g/mol. The van der Waals surface area contributed by atoms with Crippen LogP contribution in [0.1, 0.15) is 21.5 Å². The summed E-state index contributed by atoms with van der Waals surface area (Å²) >= 11 is 1.08. The summed E-state index contributed by atoms with van der Waals surface area (Å²) in [6, 6.07) is 6.95. The van der Waals surface area contributed by atoms with Crippen molar-refractivity contribution >= 4 is 23.4 Å². The number of carbonyl (C=O) groups is 1. The van der Waals surface area contributed by atoms with Gasteiger partial charge in [-0.2, -0.15) is 0 Å². The van der Waals surface area contributed by atoms with Crippen LogP contribution in [-0.4, -0.2) is 38.9 Å². The minimum atomic E-state index is -0.548. The average Bonchev–Trinajstić information content (AvgIpc) is 3.18. The fourth-order valence-corrected chi connectivity index (χ4v) is 4.06. The van der Waals surface area contributed by atoms with Crippen molar-refractivity contribution in [1.29, 1.82) is 0 Å². The van der Waals surface area contributed by atoms with Crippen LogP contribution in [0.4, 0.5) is 10.1 Å². The number of aromatic nitrogens is 3. The molecule has 0 saturated carbocycles. The highest BCUT2D eigenvalue weighted by Crippen LogP contribution is 2.34. The molecule has 10 nitrogen and oxygen atoms in total. The second kappa shape index (κ2) is 9.32. The van der Waals surface area contributed by atoms with Crippen LogP contribution in [0.3, 0.4) is 0 Å². The van der Waals surface area contributed by atoms with E-state index in [0.717, 1.165) is 11.8 Å². The van der Waals surface area contributed by atoms with Gasteiger partial charge in [0, 0.05) is 30.8 Å². The van der Waals surface area contributed by atoms with Crippen LogP contribution >= 0.6 is 11.8 Å². The Morgan fingerprint density at radius 2 is 2.22 bits per heavy atom. The van der Waals surface area contributed by atoms with Crippen molar-refractivity contribution < 1.29 is 23.6 Å². The molecule has 0 bridgehead atoms. The smallest absolute Gasteiger partial charge is 0.284 e. The van der Waals surface area contributed by atoms with Gasteiger partial charge in [-0.05, 0) is 48.0 Å². The largest absolute Gasteiger partial charge is 0.467 e. The van der Waals surface area contributed by atoms with E-state index in [1.165, 1.54) is 36.7 Å². The van der Waals surface area contributed by atoms with Gasteiger partial charge in [0.1, 0.15) is 17.9 Å². The van der Waals surface area contributed by atoms with Crippen LogP contribution in [0.25, 0.3) is 0 Å². The van der Waals surface area contributed by atoms with Gasteiger partial charge in [0.25, 0.3) is 11.6 Å². The van der Waals surface area contributed by atoms with Crippen LogP contribution in [0.15, 0.2) is 46.7 Å². The third-order valence-corrected chi connectivity index (χ3v) is 5.84. The molecular formula is C20H18FN5O5S. The molecule has 0 radical (unpaired) electrons. The number of ether oxygens (including phenoxy) is 2. The molecule has 1 aromatic heterocycles. The number of carbonyl (C=O) groups excluding carboxylic acids is 1. The number of hydrogen-bond acceptors (Lipinski definition) is 8. The van der Waals surface area contributed by atoms with Gasteiger partial charge in [-0.15, -0.1) is 10.2 Å². The number of amides is 1. The molecule has 166 valence electrons. The fraction of sp³-hybridized carbons (Fsp3) is 0.250. The van der Waals surface area contributed by atoms with Crippen LogP contribution < -0.4 is 10.1 Å². The standard InChI is InChI=1S/C20H18FN5O5S/c1-25-10-23-24-20(25)32-17-3-2-13(8-16(17)26(28)29)19(27)22-5-4-12-6-15(21)7-14-9-30-11-31-18(12)14/h2-3,6-8,10H,4-5,9,11H2,1H3,(H,22,27). The number of halogens is 1. The molecule has 32 heavy (non-hydrogen) atoms. The van der Waals surface area contributed by atoms with Crippen LogP contribution in [0.2, 0.25) is 0 Å². The number of aryl methyl sites for hydroxylation is 1. The molecule has 3 aromatic rings. The Kier molecular flexibility index (Phi) is 6.32. The van der Waals surface area contributed by atoms with E-state index in [0.29, 0.717) is 33.3 Å². The highest BCUT2D eigenvalue weighted by molar-refractivity contribution is 7.99. The zero-order chi connectivity index (χ0) is 22.7. The van der Waals surface area contributed by atoms with E-state index in [-0.39, 0.29) is 31.2 Å². The van der Waals surface area contributed by atoms with Crippen molar-refractivity contribution in [3.63, 3.8) is 0 Å². The quantitative estimate of drug-likeness (QED) is 0.423. The summed E-state index contributed by atoms with van der Waals surface area (Å²) in [5.41, 5.74) is 1.16. The minimum absolute atomic E-state index is 0.0837. The number of benzene rings is 2. The summed E-state index contributed by atoms with van der Waals surface area (Å²) in [6.07, 6.45) is 1.82. The van der Waals surface area contributed by atoms with E-state index in [2.05, 4.69) is 15.5 Å². The first-order valence-electron chi connectivity index (χ1n) is 9.52. The van der Waals surface area contributed by atoms with E-state index >= 15 is 0 Å². The van der Waals surface area contributed by atoms with Crippen LogP contribution in [0.5, 0.6) is 5.75 Å². The van der Waals surface area contributed by atoms with Gasteiger partial charge in [-0.1, -0.05) is 0 Å². The van der Waals surface area contributed by atoms with Crippen LogP contribution in [-0.2, 0) is 24.8 Å². The number of nitro benzene ring substituents is 1. The average molecular weight is 459 g/mol. The molecule has 12 heteroatoms. The summed E-state index contributed by atoms with van der Waals surface area (Å²) in [7, 11) is 1.73. The molecule has 1 N–H and O–H groups in total. The van der Waals surface area contributed by atoms with Gasteiger partial charge in [0.05, 0.1) is 16.4 Å². The molecule has 0 saturated heterocycles. The first kappa shape index (κ1) is 21.7. The van der Waals surface area contributed by atoms with Crippen molar-refractivity contribution in [2.24, 2.45) is 7.05 Å². The van der Waals surface area contributed by atoms with E-state index in [4.69, 9.17) is 9.47 Å². The molecule has 0 atom stereocenters. The summed E-state index contributed by atoms with van der Waals surface area (Å²) in [6.45, 7) is 0.539. The van der Waals surface area contributed by atoms with Crippen molar-refractivity contribution in [2.75, 3.05) is 13.3 Å². The third-order valence-electron chi connectivity index (χ3n) is 4.72. The lowest BCUT2D eigenvalue weighted by atomic mass is 10.1. The Morgan fingerprint density at radius 3 is 2.97 bits per heavy atom. The highest BCUT2D eigenvalue weighted by Gasteiger charge is 2.21.